The quantitative estimate of drug-likeness (QED) is 0.682. The van der Waals surface area contributed by atoms with E-state index in [2.05, 4.69) is 10.3 Å². The van der Waals surface area contributed by atoms with E-state index in [9.17, 15) is 4.79 Å². The molecule has 0 atom stereocenters. The second kappa shape index (κ2) is 5.19. The van der Waals surface area contributed by atoms with Crippen molar-refractivity contribution in [1.29, 1.82) is 0 Å². The number of aromatic nitrogens is 1. The van der Waals surface area contributed by atoms with Crippen LogP contribution in [0.4, 0.5) is 11.4 Å². The molecular weight excluding hydrogens is 250 g/mol. The Labute approximate surface area is 116 Å². The number of fused-ring (bicyclic) bond motifs is 1. The van der Waals surface area contributed by atoms with Gasteiger partial charge in [0.05, 0.1) is 0 Å². The lowest BCUT2D eigenvalue weighted by molar-refractivity contribution is 1.00. The Hall–Kier alpha value is -2.59. The Balaban J connectivity index is 2.03. The highest BCUT2D eigenvalue weighted by atomic mass is 16.1. The van der Waals surface area contributed by atoms with Crippen molar-refractivity contribution in [2.75, 3.05) is 5.32 Å². The molecule has 4 N–H and O–H groups in total. The van der Waals surface area contributed by atoms with Crippen LogP contribution in [0, 0.1) is 0 Å². The third-order valence-electron chi connectivity index (χ3n) is 3.17. The Bertz CT molecular complexity index is 794. The molecule has 0 unspecified atom stereocenters. The van der Waals surface area contributed by atoms with Gasteiger partial charge in [-0.3, -0.25) is 4.79 Å². The predicted octanol–water partition coefficient (Wildman–Crippen LogP) is 2.73. The Morgan fingerprint density at radius 3 is 2.55 bits per heavy atom. The van der Waals surface area contributed by atoms with Gasteiger partial charge in [-0.1, -0.05) is 18.2 Å². The molecule has 0 radical (unpaired) electrons. The van der Waals surface area contributed by atoms with Gasteiger partial charge in [0.2, 0.25) is 0 Å². The fourth-order valence-corrected chi connectivity index (χ4v) is 2.18. The lowest BCUT2D eigenvalue weighted by Gasteiger charge is -2.08. The highest BCUT2D eigenvalue weighted by Crippen LogP contribution is 2.19. The summed E-state index contributed by atoms with van der Waals surface area (Å²) in [6.45, 7) is 0.329. The number of hydrogen-bond donors (Lipinski definition) is 3. The molecule has 3 aromatic rings. The van der Waals surface area contributed by atoms with Crippen LogP contribution in [0.3, 0.4) is 0 Å². The Morgan fingerprint density at radius 1 is 1.00 bits per heavy atom. The van der Waals surface area contributed by atoms with Gasteiger partial charge in [0.25, 0.3) is 0 Å². The van der Waals surface area contributed by atoms with Gasteiger partial charge in [-0.2, -0.15) is 0 Å². The largest absolute Gasteiger partial charge is 0.357 e. The second-order valence-corrected chi connectivity index (χ2v) is 4.61. The van der Waals surface area contributed by atoms with Crippen LogP contribution in [0.15, 0.2) is 59.4 Å². The first kappa shape index (κ1) is 12.4. The first-order valence-electron chi connectivity index (χ1n) is 6.44. The van der Waals surface area contributed by atoms with Crippen molar-refractivity contribution in [3.8, 4) is 0 Å². The van der Waals surface area contributed by atoms with E-state index in [1.165, 1.54) is 0 Å². The summed E-state index contributed by atoms with van der Waals surface area (Å²) >= 11 is 0. The minimum Gasteiger partial charge on any atom is -0.357 e. The molecular formula is C16H15N3O. The monoisotopic (exact) mass is 265 g/mol. The summed E-state index contributed by atoms with van der Waals surface area (Å²) in [5, 5.41) is 3.93. The van der Waals surface area contributed by atoms with Gasteiger partial charge >= 0.3 is 0 Å². The molecule has 0 aliphatic carbocycles. The first-order valence-corrected chi connectivity index (χ1v) is 6.44. The molecule has 0 spiro atoms. The number of nitrogens with one attached hydrogen (secondary N) is 2. The maximum absolute atomic E-state index is 12.1. The SMILES string of the molecule is NCc1cc(=O)c2cc(Nc3ccccc3)ccc2[nH]1. The molecule has 3 rings (SSSR count). The van der Waals surface area contributed by atoms with E-state index in [0.717, 1.165) is 22.6 Å². The number of H-pyrrole nitrogens is 1. The molecule has 0 aliphatic rings. The minimum atomic E-state index is -0.0177. The van der Waals surface area contributed by atoms with Crippen LogP contribution in [0.2, 0.25) is 0 Å². The van der Waals surface area contributed by atoms with E-state index < -0.39 is 0 Å². The number of para-hydroxylation sites is 1. The van der Waals surface area contributed by atoms with E-state index in [-0.39, 0.29) is 5.43 Å². The molecule has 1 heterocycles. The summed E-state index contributed by atoms with van der Waals surface area (Å²) in [5.41, 5.74) is 8.96. The molecule has 0 fully saturated rings. The number of nitrogens with two attached hydrogens (primary N) is 1. The first-order chi connectivity index (χ1) is 9.76. The smallest absolute Gasteiger partial charge is 0.189 e. The molecule has 0 saturated heterocycles. The van der Waals surface area contributed by atoms with Crippen LogP contribution in [0.5, 0.6) is 0 Å². The van der Waals surface area contributed by atoms with Crippen LogP contribution < -0.4 is 16.5 Å². The fraction of sp³-hybridized carbons (Fsp3) is 0.0625. The number of aromatic amines is 1. The van der Waals surface area contributed by atoms with E-state index in [0.29, 0.717) is 11.9 Å². The number of benzene rings is 2. The van der Waals surface area contributed by atoms with Crippen LogP contribution in [0.25, 0.3) is 10.9 Å². The van der Waals surface area contributed by atoms with E-state index in [1.807, 2.05) is 48.5 Å². The average Bonchev–Trinajstić information content (AvgIpc) is 2.48. The molecule has 4 nitrogen and oxygen atoms in total. The van der Waals surface area contributed by atoms with Gasteiger partial charge in [0.15, 0.2) is 5.43 Å². The average molecular weight is 265 g/mol. The number of rotatable bonds is 3. The van der Waals surface area contributed by atoms with Crippen LogP contribution in [-0.4, -0.2) is 4.98 Å². The summed E-state index contributed by atoms with van der Waals surface area (Å²) in [5.74, 6) is 0. The molecule has 0 amide bonds. The van der Waals surface area contributed by atoms with E-state index in [1.54, 1.807) is 6.07 Å². The maximum Gasteiger partial charge on any atom is 0.189 e. The van der Waals surface area contributed by atoms with Crippen molar-refractivity contribution in [3.05, 3.63) is 70.5 Å². The normalized spacial score (nSPS) is 10.7. The molecule has 0 bridgehead atoms. The minimum absolute atomic E-state index is 0.0177. The van der Waals surface area contributed by atoms with Gasteiger partial charge in [0.1, 0.15) is 0 Å². The van der Waals surface area contributed by atoms with E-state index in [4.69, 9.17) is 5.73 Å². The number of pyridine rings is 1. The van der Waals surface area contributed by atoms with Gasteiger partial charge in [-0.25, -0.2) is 0 Å². The highest BCUT2D eigenvalue weighted by molar-refractivity contribution is 5.83. The topological polar surface area (TPSA) is 70.9 Å². The van der Waals surface area contributed by atoms with Crippen molar-refractivity contribution >= 4 is 22.3 Å². The molecule has 0 saturated carbocycles. The van der Waals surface area contributed by atoms with Crippen molar-refractivity contribution in [2.24, 2.45) is 5.73 Å². The summed E-state index contributed by atoms with van der Waals surface area (Å²) in [6.07, 6.45) is 0. The van der Waals surface area contributed by atoms with Gasteiger partial charge < -0.3 is 16.0 Å². The zero-order chi connectivity index (χ0) is 13.9. The van der Waals surface area contributed by atoms with Gasteiger partial charge in [0, 0.05) is 40.6 Å². The Kier molecular flexibility index (Phi) is 3.23. The summed E-state index contributed by atoms with van der Waals surface area (Å²) in [4.78, 5) is 15.2. The standard InChI is InChI=1S/C16H15N3O/c17-10-13-9-16(20)14-8-12(6-7-15(14)19-13)18-11-4-2-1-3-5-11/h1-9,18H,10,17H2,(H,19,20). The summed E-state index contributed by atoms with van der Waals surface area (Å²) in [6, 6.07) is 17.1. The number of hydrogen-bond acceptors (Lipinski definition) is 3. The Morgan fingerprint density at radius 2 is 1.80 bits per heavy atom. The lowest BCUT2D eigenvalue weighted by atomic mass is 10.1. The second-order valence-electron chi connectivity index (χ2n) is 4.61. The third-order valence-corrected chi connectivity index (χ3v) is 3.17. The van der Waals surface area contributed by atoms with Crippen LogP contribution in [0.1, 0.15) is 5.69 Å². The van der Waals surface area contributed by atoms with Crippen molar-refractivity contribution < 1.29 is 0 Å². The van der Waals surface area contributed by atoms with Gasteiger partial charge in [-0.05, 0) is 30.3 Å². The zero-order valence-electron chi connectivity index (χ0n) is 10.9. The fourth-order valence-electron chi connectivity index (χ4n) is 2.18. The molecule has 1 aromatic heterocycles. The van der Waals surface area contributed by atoms with Crippen LogP contribution in [-0.2, 0) is 6.54 Å². The summed E-state index contributed by atoms with van der Waals surface area (Å²) < 4.78 is 0. The predicted molar refractivity (Wildman–Crippen MR) is 82.2 cm³/mol. The molecule has 4 heteroatoms. The van der Waals surface area contributed by atoms with Gasteiger partial charge in [-0.15, -0.1) is 0 Å². The third kappa shape index (κ3) is 2.41. The lowest BCUT2D eigenvalue weighted by Crippen LogP contribution is -2.08. The van der Waals surface area contributed by atoms with Crippen molar-refractivity contribution in [3.63, 3.8) is 0 Å². The summed E-state index contributed by atoms with van der Waals surface area (Å²) in [7, 11) is 0. The number of anilines is 2. The maximum atomic E-state index is 12.1. The molecule has 20 heavy (non-hydrogen) atoms. The molecule has 100 valence electrons. The van der Waals surface area contributed by atoms with E-state index >= 15 is 0 Å². The highest BCUT2D eigenvalue weighted by Gasteiger charge is 2.03. The van der Waals surface area contributed by atoms with Crippen molar-refractivity contribution in [1.82, 2.24) is 4.98 Å². The molecule has 0 aliphatic heterocycles. The van der Waals surface area contributed by atoms with Crippen LogP contribution >= 0.6 is 0 Å². The zero-order valence-corrected chi connectivity index (χ0v) is 10.9. The molecule has 2 aromatic carbocycles. The van der Waals surface area contributed by atoms with Crippen molar-refractivity contribution in [2.45, 2.75) is 6.54 Å².